The lowest BCUT2D eigenvalue weighted by atomic mass is 10.1. The fourth-order valence-electron chi connectivity index (χ4n) is 2.80. The van der Waals surface area contributed by atoms with E-state index in [4.69, 9.17) is 11.1 Å². The van der Waals surface area contributed by atoms with E-state index in [0.29, 0.717) is 16.9 Å². The molecule has 0 aliphatic carbocycles. The number of benzene rings is 2. The normalized spacial score (nSPS) is 11.6. The van der Waals surface area contributed by atoms with Crippen LogP contribution < -0.4 is 16.6 Å². The Morgan fingerprint density at radius 1 is 1.20 bits per heavy atom. The molecule has 7 nitrogen and oxygen atoms in total. The van der Waals surface area contributed by atoms with Crippen molar-refractivity contribution in [3.8, 4) is 5.69 Å². The summed E-state index contributed by atoms with van der Waals surface area (Å²) in [5.41, 5.74) is 6.05. The number of guanidine groups is 1. The van der Waals surface area contributed by atoms with Gasteiger partial charge in [0.1, 0.15) is 5.82 Å². The second-order valence-corrected chi connectivity index (χ2v) is 5.34. The molecule has 9 heteroatoms. The molecule has 0 fully saturated rings. The third-order valence-corrected chi connectivity index (χ3v) is 3.79. The molecule has 0 radical (unpaired) electrons. The first-order valence-corrected chi connectivity index (χ1v) is 6.98. The van der Waals surface area contributed by atoms with Gasteiger partial charge in [0.25, 0.3) is 5.56 Å². The fourth-order valence-corrected chi connectivity index (χ4v) is 2.80. The monoisotopic (exact) mass is 359 g/mol. The molecule has 1 aliphatic rings. The quantitative estimate of drug-likeness (QED) is 0.354. The molecule has 1 aromatic heterocycles. The first kappa shape index (κ1) is 16.6. The number of anilines is 1. The standard InChI is InChI=1S/C16H10FN5O2.ClH/c17-7-1-4-12-10(5-7)13(23)14-21-11-3-2-8(20-16(18)19)6-9(11)15(24)22(12)14;/h1-6H,(H4,18,19,20);1H. The van der Waals surface area contributed by atoms with Crippen molar-refractivity contribution in [1.82, 2.24) is 9.55 Å². The highest BCUT2D eigenvalue weighted by Crippen LogP contribution is 2.27. The number of carbonyl (C=O) groups is 1. The summed E-state index contributed by atoms with van der Waals surface area (Å²) in [6.45, 7) is 0. The molecule has 0 unspecified atom stereocenters. The van der Waals surface area contributed by atoms with E-state index in [0.717, 1.165) is 6.07 Å². The zero-order chi connectivity index (χ0) is 17.0. The Morgan fingerprint density at radius 3 is 2.68 bits per heavy atom. The van der Waals surface area contributed by atoms with Gasteiger partial charge in [0.05, 0.1) is 22.2 Å². The minimum atomic E-state index is -0.555. The van der Waals surface area contributed by atoms with Gasteiger partial charge in [0.15, 0.2) is 11.8 Å². The number of aromatic nitrogens is 2. The number of carbonyl (C=O) groups excluding carboxylic acids is 1. The number of nitrogens with one attached hydrogen (secondary N) is 2. The van der Waals surface area contributed by atoms with E-state index in [1.807, 2.05) is 0 Å². The summed E-state index contributed by atoms with van der Waals surface area (Å²) in [4.78, 5) is 29.5. The SMILES string of the molecule is Cl.N=C(N)Nc1ccc2nc3n(c(=O)c2c1)-c1ccc(F)cc1C3=O. The topological polar surface area (TPSA) is 114 Å². The molecular weight excluding hydrogens is 349 g/mol. The van der Waals surface area contributed by atoms with E-state index in [2.05, 4.69) is 10.3 Å². The highest BCUT2D eigenvalue weighted by Gasteiger charge is 2.30. The lowest BCUT2D eigenvalue weighted by Gasteiger charge is -2.08. The maximum atomic E-state index is 13.4. The molecule has 3 aromatic rings. The van der Waals surface area contributed by atoms with Crippen LogP contribution in [0, 0.1) is 11.2 Å². The number of hydrogen-bond donors (Lipinski definition) is 3. The molecule has 25 heavy (non-hydrogen) atoms. The van der Waals surface area contributed by atoms with E-state index < -0.39 is 17.2 Å². The average molecular weight is 360 g/mol. The number of hydrogen-bond acceptors (Lipinski definition) is 4. The van der Waals surface area contributed by atoms with Crippen molar-refractivity contribution in [3.05, 3.63) is 64.0 Å². The van der Waals surface area contributed by atoms with Gasteiger partial charge >= 0.3 is 0 Å². The predicted octanol–water partition coefficient (Wildman–Crippen LogP) is 1.80. The van der Waals surface area contributed by atoms with Gasteiger partial charge in [-0.1, -0.05) is 0 Å². The van der Waals surface area contributed by atoms with Crippen molar-refractivity contribution in [1.29, 1.82) is 5.41 Å². The Hall–Kier alpha value is -3.26. The summed E-state index contributed by atoms with van der Waals surface area (Å²) in [6, 6.07) is 8.32. The van der Waals surface area contributed by atoms with E-state index in [1.54, 1.807) is 12.1 Å². The van der Waals surface area contributed by atoms with Crippen LogP contribution in [0.4, 0.5) is 10.1 Å². The number of ketones is 1. The number of halogens is 2. The van der Waals surface area contributed by atoms with Gasteiger partial charge in [-0.3, -0.25) is 19.6 Å². The van der Waals surface area contributed by atoms with Gasteiger partial charge in [-0.2, -0.15) is 0 Å². The van der Waals surface area contributed by atoms with Crippen molar-refractivity contribution < 1.29 is 9.18 Å². The fraction of sp³-hybridized carbons (Fsp3) is 0. The van der Waals surface area contributed by atoms with Crippen molar-refractivity contribution in [3.63, 3.8) is 0 Å². The third-order valence-electron chi connectivity index (χ3n) is 3.79. The largest absolute Gasteiger partial charge is 0.370 e. The van der Waals surface area contributed by atoms with E-state index in [1.165, 1.54) is 22.8 Å². The molecule has 0 bridgehead atoms. The molecule has 0 saturated heterocycles. The van der Waals surface area contributed by atoms with Gasteiger partial charge in [0, 0.05) is 5.69 Å². The summed E-state index contributed by atoms with van der Waals surface area (Å²) < 4.78 is 14.6. The Balaban J connectivity index is 0.00000182. The van der Waals surface area contributed by atoms with Crippen LogP contribution >= 0.6 is 12.4 Å². The van der Waals surface area contributed by atoms with Crippen LogP contribution in [0.25, 0.3) is 16.6 Å². The molecule has 4 rings (SSSR count). The van der Waals surface area contributed by atoms with Crippen LogP contribution in [0.5, 0.6) is 0 Å². The van der Waals surface area contributed by atoms with Crippen LogP contribution in [0.2, 0.25) is 0 Å². The molecule has 0 amide bonds. The summed E-state index contributed by atoms with van der Waals surface area (Å²) >= 11 is 0. The van der Waals surface area contributed by atoms with Gasteiger partial charge < -0.3 is 11.1 Å². The van der Waals surface area contributed by atoms with Crippen molar-refractivity contribution >= 4 is 40.7 Å². The Bertz CT molecular complexity index is 1130. The first-order chi connectivity index (χ1) is 11.5. The maximum absolute atomic E-state index is 13.4. The highest BCUT2D eigenvalue weighted by atomic mass is 35.5. The van der Waals surface area contributed by atoms with Crippen molar-refractivity contribution in [2.75, 3.05) is 5.32 Å². The summed E-state index contributed by atoms with van der Waals surface area (Å²) in [7, 11) is 0. The minimum Gasteiger partial charge on any atom is -0.370 e. The molecule has 126 valence electrons. The maximum Gasteiger partial charge on any atom is 0.266 e. The van der Waals surface area contributed by atoms with E-state index in [-0.39, 0.29) is 35.1 Å². The van der Waals surface area contributed by atoms with Crippen LogP contribution in [0.15, 0.2) is 41.2 Å². The predicted molar refractivity (Wildman–Crippen MR) is 93.5 cm³/mol. The van der Waals surface area contributed by atoms with E-state index in [9.17, 15) is 14.0 Å². The van der Waals surface area contributed by atoms with Gasteiger partial charge in [-0.15, -0.1) is 12.4 Å². The highest BCUT2D eigenvalue weighted by molar-refractivity contribution is 6.13. The molecular formula is C16H11ClFN5O2. The smallest absolute Gasteiger partial charge is 0.266 e. The van der Waals surface area contributed by atoms with Gasteiger partial charge in [0.2, 0.25) is 5.78 Å². The van der Waals surface area contributed by atoms with Crippen LogP contribution in [0.3, 0.4) is 0 Å². The average Bonchev–Trinajstić information content (AvgIpc) is 2.80. The number of nitrogens with two attached hydrogens (primary N) is 1. The number of nitrogens with zero attached hydrogens (tertiary/aromatic N) is 2. The third kappa shape index (κ3) is 2.43. The summed E-state index contributed by atoms with van der Waals surface area (Å²) in [5, 5.41) is 10.1. The molecule has 2 heterocycles. The molecule has 2 aromatic carbocycles. The minimum absolute atomic E-state index is 0. The van der Waals surface area contributed by atoms with Crippen molar-refractivity contribution in [2.45, 2.75) is 0 Å². The van der Waals surface area contributed by atoms with Crippen LogP contribution in [-0.2, 0) is 0 Å². The Labute approximate surface area is 146 Å². The van der Waals surface area contributed by atoms with Gasteiger partial charge in [-0.05, 0) is 36.4 Å². The first-order valence-electron chi connectivity index (χ1n) is 6.98. The lowest BCUT2D eigenvalue weighted by molar-refractivity contribution is 0.103. The number of fused-ring (bicyclic) bond motifs is 4. The molecule has 0 spiro atoms. The van der Waals surface area contributed by atoms with Crippen LogP contribution in [0.1, 0.15) is 16.2 Å². The lowest BCUT2D eigenvalue weighted by Crippen LogP contribution is -2.23. The number of rotatable bonds is 1. The summed E-state index contributed by atoms with van der Waals surface area (Å²) in [5.74, 6) is -1.35. The molecule has 1 aliphatic heterocycles. The second kappa shape index (κ2) is 5.67. The van der Waals surface area contributed by atoms with Gasteiger partial charge in [-0.25, -0.2) is 9.37 Å². The Kier molecular flexibility index (Phi) is 3.77. The van der Waals surface area contributed by atoms with E-state index >= 15 is 0 Å². The van der Waals surface area contributed by atoms with Crippen molar-refractivity contribution in [2.24, 2.45) is 5.73 Å². The second-order valence-electron chi connectivity index (χ2n) is 5.34. The Morgan fingerprint density at radius 2 is 1.96 bits per heavy atom. The summed E-state index contributed by atoms with van der Waals surface area (Å²) in [6.07, 6.45) is 0. The molecule has 4 N–H and O–H groups in total. The van der Waals surface area contributed by atoms with Crippen LogP contribution in [-0.4, -0.2) is 21.3 Å². The molecule has 0 atom stereocenters. The molecule has 0 saturated carbocycles. The zero-order valence-corrected chi connectivity index (χ0v) is 13.4. The zero-order valence-electron chi connectivity index (χ0n) is 12.5.